The highest BCUT2D eigenvalue weighted by Gasteiger charge is 2.04. The minimum atomic E-state index is -0.361. The molecule has 3 N–H and O–H groups in total. The molecule has 2 rings (SSSR count). The van der Waals surface area contributed by atoms with Crippen LogP contribution in [0.3, 0.4) is 0 Å². The summed E-state index contributed by atoms with van der Waals surface area (Å²) in [5, 5.41) is 3.33. The standard InChI is InChI=1S/C15H19N3O2/c1-18-8-6-12(11-18)10-17-13-4-2-3-5-14(13)20-9-7-15(16)19/h2-6,8,11,17H,7,9-10H2,1H3,(H2,16,19). The van der Waals surface area contributed by atoms with E-state index in [0.29, 0.717) is 6.61 Å². The zero-order valence-corrected chi connectivity index (χ0v) is 11.5. The van der Waals surface area contributed by atoms with Gasteiger partial charge in [0.2, 0.25) is 5.91 Å². The molecule has 1 amide bonds. The molecule has 2 aromatic rings. The second-order valence-corrected chi connectivity index (χ2v) is 4.60. The van der Waals surface area contributed by atoms with E-state index >= 15 is 0 Å². The molecule has 0 aliphatic heterocycles. The van der Waals surface area contributed by atoms with Crippen LogP contribution in [0.15, 0.2) is 42.7 Å². The highest BCUT2D eigenvalue weighted by molar-refractivity contribution is 5.73. The van der Waals surface area contributed by atoms with E-state index in [1.807, 2.05) is 42.1 Å². The molecule has 1 aromatic carbocycles. The lowest BCUT2D eigenvalue weighted by Gasteiger charge is -2.12. The normalized spacial score (nSPS) is 10.2. The van der Waals surface area contributed by atoms with Crippen molar-refractivity contribution in [2.24, 2.45) is 12.8 Å². The van der Waals surface area contributed by atoms with E-state index in [0.717, 1.165) is 18.0 Å². The fraction of sp³-hybridized carbons (Fsp3) is 0.267. The van der Waals surface area contributed by atoms with Gasteiger partial charge in [0.15, 0.2) is 0 Å². The Morgan fingerprint density at radius 1 is 1.35 bits per heavy atom. The molecule has 0 saturated heterocycles. The fourth-order valence-electron chi connectivity index (χ4n) is 1.86. The predicted octanol–water partition coefficient (Wildman–Crippen LogP) is 1.89. The number of benzene rings is 1. The summed E-state index contributed by atoms with van der Waals surface area (Å²) in [6, 6.07) is 9.71. The van der Waals surface area contributed by atoms with Crippen LogP contribution in [0.2, 0.25) is 0 Å². The Hall–Kier alpha value is -2.43. The number of nitrogens with zero attached hydrogens (tertiary/aromatic N) is 1. The molecule has 0 bridgehead atoms. The van der Waals surface area contributed by atoms with Gasteiger partial charge in [-0.1, -0.05) is 12.1 Å². The molecule has 20 heavy (non-hydrogen) atoms. The monoisotopic (exact) mass is 273 g/mol. The van der Waals surface area contributed by atoms with Gasteiger partial charge in [-0.05, 0) is 23.8 Å². The molecule has 1 aromatic heterocycles. The van der Waals surface area contributed by atoms with Gasteiger partial charge in [0, 0.05) is 26.0 Å². The van der Waals surface area contributed by atoms with Crippen LogP contribution in [0.1, 0.15) is 12.0 Å². The van der Waals surface area contributed by atoms with E-state index in [-0.39, 0.29) is 12.3 Å². The molecule has 106 valence electrons. The second kappa shape index (κ2) is 6.65. The van der Waals surface area contributed by atoms with Crippen LogP contribution < -0.4 is 15.8 Å². The molecule has 0 atom stereocenters. The third kappa shape index (κ3) is 4.05. The lowest BCUT2D eigenvalue weighted by molar-refractivity contribution is -0.118. The number of para-hydroxylation sites is 2. The summed E-state index contributed by atoms with van der Waals surface area (Å²) in [6.45, 7) is 1.01. The van der Waals surface area contributed by atoms with Crippen LogP contribution in [-0.4, -0.2) is 17.1 Å². The van der Waals surface area contributed by atoms with E-state index in [1.165, 1.54) is 5.56 Å². The number of carbonyl (C=O) groups is 1. The second-order valence-electron chi connectivity index (χ2n) is 4.60. The average molecular weight is 273 g/mol. The summed E-state index contributed by atoms with van der Waals surface area (Å²) in [6.07, 6.45) is 4.28. The van der Waals surface area contributed by atoms with Crippen LogP contribution in [-0.2, 0) is 18.4 Å². The Morgan fingerprint density at radius 3 is 2.85 bits per heavy atom. The van der Waals surface area contributed by atoms with Crippen molar-refractivity contribution < 1.29 is 9.53 Å². The first kappa shape index (κ1) is 14.0. The molecule has 0 aliphatic carbocycles. The Kier molecular flexibility index (Phi) is 4.65. The lowest BCUT2D eigenvalue weighted by Crippen LogP contribution is -2.15. The number of nitrogens with one attached hydrogen (secondary N) is 1. The van der Waals surface area contributed by atoms with E-state index in [2.05, 4.69) is 17.6 Å². The van der Waals surface area contributed by atoms with Crippen molar-refractivity contribution in [3.8, 4) is 5.75 Å². The maximum atomic E-state index is 10.7. The largest absolute Gasteiger partial charge is 0.491 e. The van der Waals surface area contributed by atoms with Crippen LogP contribution >= 0.6 is 0 Å². The lowest BCUT2D eigenvalue weighted by atomic mass is 10.2. The number of ether oxygens (including phenoxy) is 1. The summed E-state index contributed by atoms with van der Waals surface area (Å²) in [4.78, 5) is 10.7. The van der Waals surface area contributed by atoms with Crippen molar-refractivity contribution in [2.45, 2.75) is 13.0 Å². The quantitative estimate of drug-likeness (QED) is 0.809. The van der Waals surface area contributed by atoms with Crippen LogP contribution in [0.5, 0.6) is 5.75 Å². The summed E-state index contributed by atoms with van der Waals surface area (Å²) >= 11 is 0. The molecule has 0 aliphatic rings. The minimum absolute atomic E-state index is 0.215. The minimum Gasteiger partial charge on any atom is -0.491 e. The van der Waals surface area contributed by atoms with Crippen molar-refractivity contribution in [2.75, 3.05) is 11.9 Å². The first-order valence-electron chi connectivity index (χ1n) is 6.50. The zero-order valence-electron chi connectivity index (χ0n) is 11.5. The van der Waals surface area contributed by atoms with Gasteiger partial charge in [-0.2, -0.15) is 0 Å². The third-order valence-corrected chi connectivity index (χ3v) is 2.87. The van der Waals surface area contributed by atoms with Gasteiger partial charge >= 0.3 is 0 Å². The van der Waals surface area contributed by atoms with Gasteiger partial charge < -0.3 is 20.4 Å². The van der Waals surface area contributed by atoms with Crippen LogP contribution in [0, 0.1) is 0 Å². The van der Waals surface area contributed by atoms with Crippen molar-refractivity contribution in [1.82, 2.24) is 4.57 Å². The number of rotatable bonds is 7. The van der Waals surface area contributed by atoms with Crippen molar-refractivity contribution in [1.29, 1.82) is 0 Å². The average Bonchev–Trinajstić information content (AvgIpc) is 2.83. The molecule has 0 fully saturated rings. The number of anilines is 1. The number of primary amides is 1. The number of hydrogen-bond donors (Lipinski definition) is 2. The summed E-state index contributed by atoms with van der Waals surface area (Å²) in [5.74, 6) is 0.365. The summed E-state index contributed by atoms with van der Waals surface area (Å²) < 4.78 is 7.58. The van der Waals surface area contributed by atoms with E-state index in [4.69, 9.17) is 10.5 Å². The molecule has 5 heteroatoms. The molecular weight excluding hydrogens is 254 g/mol. The van der Waals surface area contributed by atoms with Gasteiger partial charge in [-0.15, -0.1) is 0 Å². The number of aryl methyl sites for hydroxylation is 1. The molecular formula is C15H19N3O2. The first-order chi connectivity index (χ1) is 9.65. The zero-order chi connectivity index (χ0) is 14.4. The molecule has 0 radical (unpaired) electrons. The van der Waals surface area contributed by atoms with Crippen molar-refractivity contribution >= 4 is 11.6 Å². The van der Waals surface area contributed by atoms with E-state index in [9.17, 15) is 4.79 Å². The Labute approximate surface area is 118 Å². The topological polar surface area (TPSA) is 69.3 Å². The van der Waals surface area contributed by atoms with Crippen molar-refractivity contribution in [3.05, 3.63) is 48.3 Å². The Morgan fingerprint density at radius 2 is 2.15 bits per heavy atom. The SMILES string of the molecule is Cn1ccc(CNc2ccccc2OCCC(N)=O)c1. The molecule has 1 heterocycles. The van der Waals surface area contributed by atoms with Crippen LogP contribution in [0.25, 0.3) is 0 Å². The smallest absolute Gasteiger partial charge is 0.220 e. The maximum Gasteiger partial charge on any atom is 0.220 e. The molecule has 0 saturated carbocycles. The van der Waals surface area contributed by atoms with E-state index < -0.39 is 0 Å². The van der Waals surface area contributed by atoms with Gasteiger partial charge in [0.05, 0.1) is 18.7 Å². The number of aromatic nitrogens is 1. The first-order valence-corrected chi connectivity index (χ1v) is 6.50. The Balaban J connectivity index is 1.94. The summed E-state index contributed by atoms with van der Waals surface area (Å²) in [5.41, 5.74) is 7.19. The summed E-state index contributed by atoms with van der Waals surface area (Å²) in [7, 11) is 1.99. The fourth-order valence-corrected chi connectivity index (χ4v) is 1.86. The van der Waals surface area contributed by atoms with Crippen LogP contribution in [0.4, 0.5) is 5.69 Å². The van der Waals surface area contributed by atoms with Crippen molar-refractivity contribution in [3.63, 3.8) is 0 Å². The number of carbonyl (C=O) groups excluding carboxylic acids is 1. The maximum absolute atomic E-state index is 10.7. The molecule has 0 unspecified atom stereocenters. The third-order valence-electron chi connectivity index (χ3n) is 2.87. The highest BCUT2D eigenvalue weighted by Crippen LogP contribution is 2.24. The molecule has 5 nitrogen and oxygen atoms in total. The number of hydrogen-bond acceptors (Lipinski definition) is 3. The Bertz CT molecular complexity index is 578. The highest BCUT2D eigenvalue weighted by atomic mass is 16.5. The van der Waals surface area contributed by atoms with Gasteiger partial charge in [0.25, 0.3) is 0 Å². The number of amides is 1. The van der Waals surface area contributed by atoms with Gasteiger partial charge in [0.1, 0.15) is 5.75 Å². The molecule has 0 spiro atoms. The predicted molar refractivity (Wildman–Crippen MR) is 78.5 cm³/mol. The number of nitrogens with two attached hydrogens (primary N) is 1. The van der Waals surface area contributed by atoms with Gasteiger partial charge in [-0.25, -0.2) is 0 Å². The van der Waals surface area contributed by atoms with Gasteiger partial charge in [-0.3, -0.25) is 4.79 Å². The van der Waals surface area contributed by atoms with E-state index in [1.54, 1.807) is 0 Å².